The third-order valence-electron chi connectivity index (χ3n) is 2.86. The maximum atomic E-state index is 10.9. The van der Waals surface area contributed by atoms with Crippen molar-refractivity contribution in [2.24, 2.45) is 11.8 Å². The fourth-order valence-corrected chi connectivity index (χ4v) is 1.81. The van der Waals surface area contributed by atoms with Gasteiger partial charge in [-0.3, -0.25) is 9.69 Å². The van der Waals surface area contributed by atoms with Crippen LogP contribution in [0.5, 0.6) is 0 Å². The van der Waals surface area contributed by atoms with Crippen LogP contribution in [-0.4, -0.2) is 30.3 Å². The highest BCUT2D eigenvalue weighted by Gasteiger charge is 2.22. The van der Waals surface area contributed by atoms with Crippen LogP contribution < -0.4 is 0 Å². The number of carbonyl (C=O) groups is 1. The summed E-state index contributed by atoms with van der Waals surface area (Å²) in [6, 6.07) is 0. The molecule has 0 bridgehead atoms. The third-order valence-corrected chi connectivity index (χ3v) is 2.86. The summed E-state index contributed by atoms with van der Waals surface area (Å²) in [6.45, 7) is 9.10. The van der Waals surface area contributed by atoms with E-state index in [1.54, 1.807) is 6.92 Å². The first-order chi connectivity index (χ1) is 5.59. The summed E-state index contributed by atoms with van der Waals surface area (Å²) in [4.78, 5) is 13.1. The Morgan fingerprint density at radius 2 is 2.08 bits per heavy atom. The van der Waals surface area contributed by atoms with E-state index in [4.69, 9.17) is 0 Å². The van der Waals surface area contributed by atoms with E-state index >= 15 is 0 Å². The molecule has 1 rings (SSSR count). The van der Waals surface area contributed by atoms with Crippen molar-refractivity contribution in [3.05, 3.63) is 0 Å². The molecule has 70 valence electrons. The molecule has 0 amide bonds. The smallest absolute Gasteiger partial charge is 0.143 e. The average molecular weight is 169 g/mol. The third kappa shape index (κ3) is 2.59. The Bertz CT molecular complexity index is 167. The molecular weight excluding hydrogens is 150 g/mol. The molecule has 1 fully saturated rings. The molecule has 2 nitrogen and oxygen atoms in total. The summed E-state index contributed by atoms with van der Waals surface area (Å²) in [6.07, 6.45) is 1.24. The molecule has 0 aromatic rings. The normalized spacial score (nSPS) is 31.9. The van der Waals surface area contributed by atoms with Crippen molar-refractivity contribution in [1.29, 1.82) is 0 Å². The highest BCUT2D eigenvalue weighted by Crippen LogP contribution is 2.21. The second-order valence-corrected chi connectivity index (χ2v) is 4.18. The molecule has 1 heterocycles. The summed E-state index contributed by atoms with van der Waals surface area (Å²) in [5.41, 5.74) is 0. The lowest BCUT2D eigenvalue weighted by atomic mass is 9.89. The van der Waals surface area contributed by atoms with Gasteiger partial charge in [0.25, 0.3) is 0 Å². The molecule has 0 spiro atoms. The topological polar surface area (TPSA) is 20.3 Å². The van der Waals surface area contributed by atoms with Crippen molar-refractivity contribution in [2.75, 3.05) is 19.6 Å². The molecule has 1 aliphatic heterocycles. The van der Waals surface area contributed by atoms with Crippen molar-refractivity contribution >= 4 is 5.78 Å². The maximum absolute atomic E-state index is 10.9. The predicted octanol–water partition coefficient (Wildman–Crippen LogP) is 1.55. The number of ketones is 1. The van der Waals surface area contributed by atoms with Crippen LogP contribution >= 0.6 is 0 Å². The Hall–Kier alpha value is -0.370. The minimum Gasteiger partial charge on any atom is -0.299 e. The molecule has 2 atom stereocenters. The highest BCUT2D eigenvalue weighted by molar-refractivity contribution is 5.77. The quantitative estimate of drug-likeness (QED) is 0.625. The van der Waals surface area contributed by atoms with Gasteiger partial charge in [-0.2, -0.15) is 0 Å². The molecule has 0 radical (unpaired) electrons. The summed E-state index contributed by atoms with van der Waals surface area (Å²) in [7, 11) is 0. The number of likely N-dealkylation sites (tertiary alicyclic amines) is 1. The minimum absolute atomic E-state index is 0.289. The lowest BCUT2D eigenvalue weighted by Gasteiger charge is -2.34. The summed E-state index contributed by atoms with van der Waals surface area (Å²) in [5.74, 6) is 1.86. The first kappa shape index (κ1) is 9.72. The Labute approximate surface area is 74.9 Å². The van der Waals surface area contributed by atoms with Gasteiger partial charge in [0.05, 0.1) is 6.54 Å². The minimum atomic E-state index is 0.289. The van der Waals surface area contributed by atoms with Gasteiger partial charge in [-0.25, -0.2) is 0 Å². The van der Waals surface area contributed by atoms with E-state index in [0.29, 0.717) is 6.54 Å². The molecule has 0 aromatic heterocycles. The van der Waals surface area contributed by atoms with Gasteiger partial charge in [-0.05, 0) is 31.7 Å². The van der Waals surface area contributed by atoms with Crippen LogP contribution in [0.4, 0.5) is 0 Å². The number of rotatable bonds is 2. The second kappa shape index (κ2) is 4.04. The lowest BCUT2D eigenvalue weighted by Crippen LogP contribution is -2.40. The summed E-state index contributed by atoms with van der Waals surface area (Å²) in [5, 5.41) is 0. The van der Waals surface area contributed by atoms with Crippen molar-refractivity contribution in [3.63, 3.8) is 0 Å². The maximum Gasteiger partial charge on any atom is 0.143 e. The zero-order valence-electron chi connectivity index (χ0n) is 8.34. The average Bonchev–Trinajstić information content (AvgIpc) is 1.96. The van der Waals surface area contributed by atoms with Gasteiger partial charge in [0.1, 0.15) is 5.78 Å². The summed E-state index contributed by atoms with van der Waals surface area (Å²) >= 11 is 0. The molecule has 0 saturated carbocycles. The molecule has 2 heteroatoms. The lowest BCUT2D eigenvalue weighted by molar-refractivity contribution is -0.118. The molecule has 0 N–H and O–H groups in total. The Balaban J connectivity index is 2.35. The first-order valence-corrected chi connectivity index (χ1v) is 4.81. The number of carbonyl (C=O) groups excluding carboxylic acids is 1. The van der Waals surface area contributed by atoms with Gasteiger partial charge in [0.15, 0.2) is 0 Å². The molecular formula is C10H19NO. The van der Waals surface area contributed by atoms with Crippen LogP contribution in [0.3, 0.4) is 0 Å². The standard InChI is InChI=1S/C10H19NO/c1-8-4-5-11(6-9(8)2)7-10(3)12/h8-9H,4-7H2,1-3H3. The van der Waals surface area contributed by atoms with E-state index < -0.39 is 0 Å². The van der Waals surface area contributed by atoms with Gasteiger partial charge in [-0.15, -0.1) is 0 Å². The van der Waals surface area contributed by atoms with Crippen LogP contribution in [0.2, 0.25) is 0 Å². The largest absolute Gasteiger partial charge is 0.299 e. The number of hydrogen-bond donors (Lipinski definition) is 0. The van der Waals surface area contributed by atoms with Crippen LogP contribution in [0.25, 0.3) is 0 Å². The SMILES string of the molecule is CC(=O)CN1CCC(C)C(C)C1. The van der Waals surface area contributed by atoms with Crippen molar-refractivity contribution < 1.29 is 4.79 Å². The fourth-order valence-electron chi connectivity index (χ4n) is 1.81. The Morgan fingerprint density at radius 3 is 2.58 bits per heavy atom. The summed E-state index contributed by atoms with van der Waals surface area (Å²) < 4.78 is 0. The molecule has 12 heavy (non-hydrogen) atoms. The van der Waals surface area contributed by atoms with Gasteiger partial charge >= 0.3 is 0 Å². The number of piperidine rings is 1. The Kier molecular flexibility index (Phi) is 3.27. The zero-order valence-corrected chi connectivity index (χ0v) is 8.34. The van der Waals surface area contributed by atoms with Crippen LogP contribution in [0.15, 0.2) is 0 Å². The monoisotopic (exact) mass is 169 g/mol. The van der Waals surface area contributed by atoms with E-state index in [9.17, 15) is 4.79 Å². The van der Waals surface area contributed by atoms with Gasteiger partial charge in [0, 0.05) is 6.54 Å². The van der Waals surface area contributed by atoms with E-state index in [1.807, 2.05) is 0 Å². The molecule has 1 saturated heterocycles. The molecule has 0 aliphatic carbocycles. The van der Waals surface area contributed by atoms with E-state index in [0.717, 1.165) is 24.9 Å². The van der Waals surface area contributed by atoms with Crippen LogP contribution in [0, 0.1) is 11.8 Å². The van der Waals surface area contributed by atoms with E-state index in [-0.39, 0.29) is 5.78 Å². The van der Waals surface area contributed by atoms with Gasteiger partial charge < -0.3 is 0 Å². The first-order valence-electron chi connectivity index (χ1n) is 4.81. The number of nitrogens with zero attached hydrogens (tertiary/aromatic N) is 1. The Morgan fingerprint density at radius 1 is 1.42 bits per heavy atom. The van der Waals surface area contributed by atoms with E-state index in [1.165, 1.54) is 6.42 Å². The van der Waals surface area contributed by atoms with Gasteiger partial charge in [-0.1, -0.05) is 13.8 Å². The predicted molar refractivity (Wildman–Crippen MR) is 50.1 cm³/mol. The van der Waals surface area contributed by atoms with Gasteiger partial charge in [0.2, 0.25) is 0 Å². The fraction of sp³-hybridized carbons (Fsp3) is 0.900. The molecule has 0 aromatic carbocycles. The van der Waals surface area contributed by atoms with Crippen molar-refractivity contribution in [3.8, 4) is 0 Å². The number of Topliss-reactive ketones (excluding diaryl/α,β-unsaturated/α-hetero) is 1. The second-order valence-electron chi connectivity index (χ2n) is 4.18. The highest BCUT2D eigenvalue weighted by atomic mass is 16.1. The zero-order chi connectivity index (χ0) is 9.14. The van der Waals surface area contributed by atoms with Crippen molar-refractivity contribution in [2.45, 2.75) is 27.2 Å². The van der Waals surface area contributed by atoms with Crippen molar-refractivity contribution in [1.82, 2.24) is 4.90 Å². The van der Waals surface area contributed by atoms with E-state index in [2.05, 4.69) is 18.7 Å². The molecule has 2 unspecified atom stereocenters. The van der Waals surface area contributed by atoms with Crippen LogP contribution in [-0.2, 0) is 4.79 Å². The molecule has 1 aliphatic rings. The number of hydrogen-bond acceptors (Lipinski definition) is 2. The van der Waals surface area contributed by atoms with Crippen LogP contribution in [0.1, 0.15) is 27.2 Å².